The van der Waals surface area contributed by atoms with Gasteiger partial charge in [0.1, 0.15) is 18.1 Å². The van der Waals surface area contributed by atoms with Crippen molar-refractivity contribution in [2.75, 3.05) is 0 Å². The van der Waals surface area contributed by atoms with E-state index in [9.17, 15) is 33.9 Å². The highest BCUT2D eigenvalue weighted by atomic mass is 16.4. The summed E-state index contributed by atoms with van der Waals surface area (Å²) in [6.07, 6.45) is -0.218. The molecule has 5 atom stereocenters. The van der Waals surface area contributed by atoms with Gasteiger partial charge in [-0.15, -0.1) is 0 Å². The van der Waals surface area contributed by atoms with Crippen molar-refractivity contribution in [3.63, 3.8) is 0 Å². The number of amides is 5. The van der Waals surface area contributed by atoms with Gasteiger partial charge in [0, 0.05) is 6.42 Å². The van der Waals surface area contributed by atoms with E-state index in [2.05, 4.69) is 16.0 Å². The monoisotopic (exact) mass is 486 g/mol. The van der Waals surface area contributed by atoms with Crippen LogP contribution in [0.3, 0.4) is 0 Å². The zero-order valence-electron chi connectivity index (χ0n) is 20.1. The van der Waals surface area contributed by atoms with Crippen molar-refractivity contribution in [1.29, 1.82) is 0 Å². The fourth-order valence-corrected chi connectivity index (χ4v) is 2.98. The highest BCUT2D eigenvalue weighted by Crippen LogP contribution is 2.09. The largest absolute Gasteiger partial charge is 0.480 e. The summed E-state index contributed by atoms with van der Waals surface area (Å²) in [5.74, 6) is -5.55. The van der Waals surface area contributed by atoms with Crippen molar-refractivity contribution in [3.05, 3.63) is 0 Å². The number of hydrogen-bond acceptors (Lipinski definition) is 7. The minimum absolute atomic E-state index is 0.0899. The highest BCUT2D eigenvalue weighted by molar-refractivity contribution is 5.95. The van der Waals surface area contributed by atoms with Crippen LogP contribution in [0.5, 0.6) is 0 Å². The first-order chi connectivity index (χ1) is 15.7. The third-order valence-electron chi connectivity index (χ3n) is 5.23. The summed E-state index contributed by atoms with van der Waals surface area (Å²) in [6.45, 7) is 7.19. The van der Waals surface area contributed by atoms with Gasteiger partial charge >= 0.3 is 5.97 Å². The molecule has 0 radical (unpaired) electrons. The number of carboxylic acid groups (broad SMARTS) is 1. The van der Waals surface area contributed by atoms with Gasteiger partial charge in [-0.1, -0.05) is 34.1 Å². The lowest BCUT2D eigenvalue weighted by Crippen LogP contribution is -2.58. The van der Waals surface area contributed by atoms with Crippen molar-refractivity contribution in [2.45, 2.75) is 84.0 Å². The summed E-state index contributed by atoms with van der Waals surface area (Å²) >= 11 is 0. The molecule has 0 heterocycles. The predicted octanol–water partition coefficient (Wildman–Crippen LogP) is -1.91. The lowest BCUT2D eigenvalue weighted by atomic mass is 9.98. The van der Waals surface area contributed by atoms with E-state index in [1.165, 1.54) is 0 Å². The summed E-state index contributed by atoms with van der Waals surface area (Å²) in [7, 11) is 0. The summed E-state index contributed by atoms with van der Waals surface area (Å²) in [4.78, 5) is 71.9. The number of hydrogen-bond donors (Lipinski definition) is 7. The molecule has 194 valence electrons. The molecule has 13 nitrogen and oxygen atoms in total. The van der Waals surface area contributed by atoms with Gasteiger partial charge in [-0.05, 0) is 24.7 Å². The maximum atomic E-state index is 13.0. The first-order valence-corrected chi connectivity index (χ1v) is 11.2. The molecule has 34 heavy (non-hydrogen) atoms. The SMILES string of the molecule is CCC(C)C(N)C(=O)NC(CCC(N)=O)C(=O)NC(CC(C)C)C(=O)NC(CC(N)=O)C(=O)O. The third kappa shape index (κ3) is 11.6. The van der Waals surface area contributed by atoms with Crippen LogP contribution in [0.1, 0.15) is 59.8 Å². The molecule has 0 aliphatic heterocycles. The molecule has 0 aromatic heterocycles. The van der Waals surface area contributed by atoms with E-state index in [0.717, 1.165) is 0 Å². The van der Waals surface area contributed by atoms with E-state index in [4.69, 9.17) is 17.2 Å². The van der Waals surface area contributed by atoms with Crippen molar-refractivity contribution in [1.82, 2.24) is 16.0 Å². The molecular formula is C21H38N6O7. The van der Waals surface area contributed by atoms with Gasteiger partial charge in [-0.2, -0.15) is 0 Å². The van der Waals surface area contributed by atoms with Crippen LogP contribution in [0.25, 0.3) is 0 Å². The van der Waals surface area contributed by atoms with Crippen LogP contribution in [0.15, 0.2) is 0 Å². The molecule has 13 heteroatoms. The number of rotatable bonds is 16. The number of carbonyl (C=O) groups excluding carboxylic acids is 5. The maximum Gasteiger partial charge on any atom is 0.326 e. The summed E-state index contributed by atoms with van der Waals surface area (Å²) < 4.78 is 0. The average molecular weight is 487 g/mol. The first kappa shape index (κ1) is 30.8. The second-order valence-electron chi connectivity index (χ2n) is 8.74. The van der Waals surface area contributed by atoms with Crippen LogP contribution in [0, 0.1) is 11.8 Å². The van der Waals surface area contributed by atoms with E-state index < -0.39 is 66.1 Å². The molecule has 0 spiro atoms. The van der Waals surface area contributed by atoms with Crippen LogP contribution in [0.2, 0.25) is 0 Å². The molecule has 10 N–H and O–H groups in total. The van der Waals surface area contributed by atoms with Gasteiger partial charge < -0.3 is 38.3 Å². The second kappa shape index (κ2) is 14.8. The lowest BCUT2D eigenvalue weighted by Gasteiger charge is -2.26. The van der Waals surface area contributed by atoms with Gasteiger partial charge in [0.15, 0.2) is 0 Å². The maximum absolute atomic E-state index is 13.0. The smallest absolute Gasteiger partial charge is 0.326 e. The summed E-state index contributed by atoms with van der Waals surface area (Å²) in [5, 5.41) is 16.4. The van der Waals surface area contributed by atoms with Crippen LogP contribution in [-0.4, -0.2) is 64.8 Å². The van der Waals surface area contributed by atoms with Crippen molar-refractivity contribution in [3.8, 4) is 0 Å². The normalized spacial score (nSPS) is 15.4. The number of nitrogens with two attached hydrogens (primary N) is 3. The summed E-state index contributed by atoms with van der Waals surface area (Å²) in [6, 6.07) is -4.86. The minimum Gasteiger partial charge on any atom is -0.480 e. The zero-order valence-corrected chi connectivity index (χ0v) is 20.1. The topological polar surface area (TPSA) is 237 Å². The van der Waals surface area contributed by atoms with Gasteiger partial charge in [-0.3, -0.25) is 24.0 Å². The summed E-state index contributed by atoms with van der Waals surface area (Å²) in [5.41, 5.74) is 16.1. The molecule has 0 fully saturated rings. The van der Waals surface area contributed by atoms with Gasteiger partial charge in [0.2, 0.25) is 29.5 Å². The Balaban J connectivity index is 5.62. The molecule has 5 unspecified atom stereocenters. The Kier molecular flexibility index (Phi) is 13.4. The number of carboxylic acids is 1. The molecule has 0 bridgehead atoms. The van der Waals surface area contributed by atoms with E-state index in [1.807, 2.05) is 6.92 Å². The zero-order chi connectivity index (χ0) is 26.6. The molecule has 0 saturated carbocycles. The Labute approximate surface area is 198 Å². The predicted molar refractivity (Wildman–Crippen MR) is 123 cm³/mol. The number of carbonyl (C=O) groups is 6. The number of primary amides is 2. The van der Waals surface area contributed by atoms with Crippen molar-refractivity contribution >= 4 is 35.5 Å². The van der Waals surface area contributed by atoms with Crippen LogP contribution >= 0.6 is 0 Å². The van der Waals surface area contributed by atoms with E-state index in [-0.39, 0.29) is 31.1 Å². The van der Waals surface area contributed by atoms with Crippen LogP contribution in [-0.2, 0) is 28.8 Å². The fraction of sp³-hybridized carbons (Fsp3) is 0.714. The van der Waals surface area contributed by atoms with Crippen molar-refractivity contribution in [2.24, 2.45) is 29.0 Å². The van der Waals surface area contributed by atoms with Gasteiger partial charge in [0.25, 0.3) is 0 Å². The Morgan fingerprint density at radius 1 is 0.794 bits per heavy atom. The Bertz CT molecular complexity index is 758. The molecule has 0 aromatic carbocycles. The minimum atomic E-state index is -1.57. The molecule has 0 aliphatic rings. The van der Waals surface area contributed by atoms with E-state index in [1.54, 1.807) is 20.8 Å². The van der Waals surface area contributed by atoms with Crippen LogP contribution < -0.4 is 33.2 Å². The number of aliphatic carboxylic acids is 1. The van der Waals surface area contributed by atoms with E-state index >= 15 is 0 Å². The second-order valence-corrected chi connectivity index (χ2v) is 8.74. The molecule has 0 aromatic rings. The quantitative estimate of drug-likeness (QED) is 0.129. The van der Waals surface area contributed by atoms with Gasteiger partial charge in [-0.25, -0.2) is 4.79 Å². The van der Waals surface area contributed by atoms with E-state index in [0.29, 0.717) is 6.42 Å². The highest BCUT2D eigenvalue weighted by Gasteiger charge is 2.32. The Hall–Kier alpha value is -3.22. The molecular weight excluding hydrogens is 448 g/mol. The molecule has 0 aliphatic carbocycles. The third-order valence-corrected chi connectivity index (χ3v) is 5.23. The Morgan fingerprint density at radius 3 is 1.74 bits per heavy atom. The fourth-order valence-electron chi connectivity index (χ4n) is 2.98. The van der Waals surface area contributed by atoms with Gasteiger partial charge in [0.05, 0.1) is 12.5 Å². The molecule has 5 amide bonds. The van der Waals surface area contributed by atoms with Crippen LogP contribution in [0.4, 0.5) is 0 Å². The Morgan fingerprint density at radius 2 is 1.29 bits per heavy atom. The van der Waals surface area contributed by atoms with Crippen molar-refractivity contribution < 1.29 is 33.9 Å². The molecule has 0 saturated heterocycles. The average Bonchev–Trinajstić information content (AvgIpc) is 2.73. The number of nitrogens with one attached hydrogen (secondary N) is 3. The molecule has 0 rings (SSSR count). The first-order valence-electron chi connectivity index (χ1n) is 11.2. The standard InChI is InChI=1S/C21H38N6O7/c1-5-11(4)17(24)20(32)25-12(6-7-15(22)28)18(30)26-13(8-10(2)3)19(31)27-14(21(33)34)9-16(23)29/h10-14,17H,5-9,24H2,1-4H3,(H2,22,28)(H2,23,29)(H,25,32)(H,26,30)(H,27,31)(H,33,34). The lowest BCUT2D eigenvalue weighted by molar-refractivity contribution is -0.144.